The molecule has 2 rings (SSSR count). The Bertz CT molecular complexity index is 600. The Hall–Kier alpha value is -1.60. The van der Waals surface area contributed by atoms with E-state index < -0.39 is 6.10 Å². The van der Waals surface area contributed by atoms with Gasteiger partial charge < -0.3 is 19.5 Å². The van der Waals surface area contributed by atoms with Crippen LogP contribution in [-0.4, -0.2) is 93.0 Å². The van der Waals surface area contributed by atoms with Gasteiger partial charge in [-0.15, -0.1) is 0 Å². The van der Waals surface area contributed by atoms with E-state index in [0.29, 0.717) is 18.0 Å². The van der Waals surface area contributed by atoms with Crippen molar-refractivity contribution < 1.29 is 14.6 Å². The van der Waals surface area contributed by atoms with Crippen molar-refractivity contribution in [3.8, 4) is 11.5 Å². The number of aliphatic hydroxyl groups excluding tert-OH is 1. The second-order valence-electron chi connectivity index (χ2n) is 7.68. The molecule has 152 valence electrons. The Labute approximate surface area is 164 Å². The molecule has 1 aliphatic rings. The molecular weight excluding hydrogens is 342 g/mol. The first-order valence-corrected chi connectivity index (χ1v) is 9.59. The molecule has 1 heterocycles. The van der Waals surface area contributed by atoms with Crippen LogP contribution < -0.4 is 9.47 Å². The third kappa shape index (κ3) is 7.50. The number of β-amino-alcohol motifs (C(OH)–C–C–N with tert-alkyl or cyclic N) is 1. The van der Waals surface area contributed by atoms with Gasteiger partial charge in [0.2, 0.25) is 0 Å². The van der Waals surface area contributed by atoms with Crippen LogP contribution in [0.4, 0.5) is 0 Å². The summed E-state index contributed by atoms with van der Waals surface area (Å²) in [5.41, 5.74) is 2.28. The van der Waals surface area contributed by atoms with Crippen LogP contribution in [0.25, 0.3) is 0 Å². The zero-order valence-electron chi connectivity index (χ0n) is 17.3. The Morgan fingerprint density at radius 2 is 1.96 bits per heavy atom. The molecule has 1 aliphatic heterocycles. The number of ether oxygens (including phenoxy) is 2. The Balaban J connectivity index is 1.89. The first-order chi connectivity index (χ1) is 12.9. The van der Waals surface area contributed by atoms with E-state index in [1.54, 1.807) is 7.11 Å². The summed E-state index contributed by atoms with van der Waals surface area (Å²) < 4.78 is 11.3. The number of hydrogen-bond donors (Lipinski definition) is 1. The minimum atomic E-state index is -0.521. The van der Waals surface area contributed by atoms with Crippen LogP contribution in [0.5, 0.6) is 11.5 Å². The molecule has 0 bridgehead atoms. The summed E-state index contributed by atoms with van der Waals surface area (Å²) >= 11 is 0. The van der Waals surface area contributed by atoms with E-state index >= 15 is 0 Å². The fraction of sp³-hybridized carbons (Fsp3) is 0.619. The van der Waals surface area contributed by atoms with Crippen molar-refractivity contribution in [2.45, 2.75) is 19.6 Å². The maximum atomic E-state index is 10.4. The van der Waals surface area contributed by atoms with E-state index in [4.69, 9.17) is 9.47 Å². The molecule has 6 nitrogen and oxygen atoms in total. The molecule has 0 amide bonds. The van der Waals surface area contributed by atoms with Gasteiger partial charge in [-0.2, -0.15) is 0 Å². The SMILES string of the molecule is C=C(C)CN(C)Cc1ccc(OC)c(OC[C@@H](O)CN2CCN(C)CC2)c1. The molecule has 1 N–H and O–H groups in total. The maximum absolute atomic E-state index is 10.4. The minimum Gasteiger partial charge on any atom is -0.493 e. The third-order valence-corrected chi connectivity index (χ3v) is 4.72. The standard InChI is InChI=1S/C21H35N3O3/c1-17(2)13-23(4)14-18-6-7-20(26-5)21(12-18)27-16-19(25)15-24-10-8-22(3)9-11-24/h6-7,12,19,25H,1,8-11,13-16H2,2-5H3/t19-/m0/s1. The molecule has 0 radical (unpaired) electrons. The highest BCUT2D eigenvalue weighted by molar-refractivity contribution is 5.43. The van der Waals surface area contributed by atoms with Gasteiger partial charge in [0, 0.05) is 45.8 Å². The second kappa shape index (κ2) is 10.7. The van der Waals surface area contributed by atoms with Gasteiger partial charge in [-0.3, -0.25) is 9.80 Å². The average Bonchev–Trinajstić information content (AvgIpc) is 2.61. The van der Waals surface area contributed by atoms with E-state index in [9.17, 15) is 5.11 Å². The van der Waals surface area contributed by atoms with Gasteiger partial charge in [0.25, 0.3) is 0 Å². The van der Waals surface area contributed by atoms with Gasteiger partial charge in [-0.1, -0.05) is 18.2 Å². The van der Waals surface area contributed by atoms with Gasteiger partial charge in [-0.25, -0.2) is 0 Å². The van der Waals surface area contributed by atoms with E-state index in [0.717, 1.165) is 50.4 Å². The lowest BCUT2D eigenvalue weighted by atomic mass is 10.2. The molecule has 0 saturated carbocycles. The molecule has 0 unspecified atom stereocenters. The monoisotopic (exact) mass is 377 g/mol. The van der Waals surface area contributed by atoms with Crippen LogP contribution in [0.15, 0.2) is 30.4 Å². The van der Waals surface area contributed by atoms with Crippen LogP contribution in [0.2, 0.25) is 0 Å². The topological polar surface area (TPSA) is 48.4 Å². The summed E-state index contributed by atoms with van der Waals surface area (Å²) in [7, 11) is 5.83. The lowest BCUT2D eigenvalue weighted by molar-refractivity contribution is 0.0497. The van der Waals surface area contributed by atoms with Gasteiger partial charge in [-0.05, 0) is 38.7 Å². The predicted molar refractivity (Wildman–Crippen MR) is 110 cm³/mol. The molecule has 27 heavy (non-hydrogen) atoms. The number of likely N-dealkylation sites (N-methyl/N-ethyl adjacent to an activating group) is 2. The molecular formula is C21H35N3O3. The van der Waals surface area contributed by atoms with Crippen molar-refractivity contribution in [3.63, 3.8) is 0 Å². The predicted octanol–water partition coefficient (Wildman–Crippen LogP) is 1.69. The smallest absolute Gasteiger partial charge is 0.161 e. The van der Waals surface area contributed by atoms with E-state index in [2.05, 4.69) is 35.4 Å². The van der Waals surface area contributed by atoms with Crippen molar-refractivity contribution >= 4 is 0 Å². The molecule has 1 aromatic carbocycles. The zero-order valence-corrected chi connectivity index (χ0v) is 17.3. The van der Waals surface area contributed by atoms with Crippen molar-refractivity contribution in [1.82, 2.24) is 14.7 Å². The number of aliphatic hydroxyl groups is 1. The molecule has 1 atom stereocenters. The van der Waals surface area contributed by atoms with Gasteiger partial charge in [0.15, 0.2) is 11.5 Å². The fourth-order valence-corrected chi connectivity index (χ4v) is 3.33. The summed E-state index contributed by atoms with van der Waals surface area (Å²) in [5.74, 6) is 1.37. The zero-order chi connectivity index (χ0) is 19.8. The van der Waals surface area contributed by atoms with Gasteiger partial charge >= 0.3 is 0 Å². The quantitative estimate of drug-likeness (QED) is 0.626. The highest BCUT2D eigenvalue weighted by atomic mass is 16.5. The molecule has 1 aromatic rings. The highest BCUT2D eigenvalue weighted by Crippen LogP contribution is 2.28. The lowest BCUT2D eigenvalue weighted by Crippen LogP contribution is -2.47. The Kier molecular flexibility index (Phi) is 8.57. The number of piperazine rings is 1. The molecule has 0 aliphatic carbocycles. The molecule has 1 saturated heterocycles. The first kappa shape index (κ1) is 21.7. The second-order valence-corrected chi connectivity index (χ2v) is 7.68. The molecule has 0 aromatic heterocycles. The van der Waals surface area contributed by atoms with Crippen molar-refractivity contribution in [1.29, 1.82) is 0 Å². The minimum absolute atomic E-state index is 0.258. The van der Waals surface area contributed by atoms with Gasteiger partial charge in [0.05, 0.1) is 7.11 Å². The Morgan fingerprint density at radius 3 is 2.59 bits per heavy atom. The van der Waals surface area contributed by atoms with Crippen molar-refractivity contribution in [2.75, 3.05) is 67.1 Å². The third-order valence-electron chi connectivity index (χ3n) is 4.72. The summed E-state index contributed by atoms with van der Waals surface area (Å²) in [6, 6.07) is 5.96. The van der Waals surface area contributed by atoms with E-state index in [1.165, 1.54) is 0 Å². The number of methoxy groups -OCH3 is 1. The van der Waals surface area contributed by atoms with Crippen molar-refractivity contribution in [3.05, 3.63) is 35.9 Å². The summed E-state index contributed by atoms with van der Waals surface area (Å²) in [4.78, 5) is 6.80. The maximum Gasteiger partial charge on any atom is 0.161 e. The van der Waals surface area contributed by atoms with Crippen LogP contribution in [0.1, 0.15) is 12.5 Å². The highest BCUT2D eigenvalue weighted by Gasteiger charge is 2.18. The van der Waals surface area contributed by atoms with Crippen LogP contribution in [0, 0.1) is 0 Å². The number of benzene rings is 1. The number of nitrogens with zero attached hydrogens (tertiary/aromatic N) is 3. The largest absolute Gasteiger partial charge is 0.493 e. The molecule has 1 fully saturated rings. The fourth-order valence-electron chi connectivity index (χ4n) is 3.33. The molecule has 6 heteroatoms. The number of rotatable bonds is 10. The summed E-state index contributed by atoms with van der Waals surface area (Å²) in [5, 5.41) is 10.4. The first-order valence-electron chi connectivity index (χ1n) is 9.59. The number of hydrogen-bond acceptors (Lipinski definition) is 6. The normalized spacial score (nSPS) is 17.1. The van der Waals surface area contributed by atoms with Crippen LogP contribution in [0.3, 0.4) is 0 Å². The summed E-state index contributed by atoms with van der Waals surface area (Å²) in [6.45, 7) is 12.6. The lowest BCUT2D eigenvalue weighted by Gasteiger charge is -2.33. The van der Waals surface area contributed by atoms with Gasteiger partial charge in [0.1, 0.15) is 12.7 Å². The van der Waals surface area contributed by atoms with Crippen LogP contribution in [-0.2, 0) is 6.54 Å². The molecule has 0 spiro atoms. The summed E-state index contributed by atoms with van der Waals surface area (Å²) in [6.07, 6.45) is -0.521. The van der Waals surface area contributed by atoms with Crippen LogP contribution >= 0.6 is 0 Å². The Morgan fingerprint density at radius 1 is 1.26 bits per heavy atom. The van der Waals surface area contributed by atoms with E-state index in [1.807, 2.05) is 25.1 Å². The van der Waals surface area contributed by atoms with E-state index in [-0.39, 0.29) is 6.61 Å². The average molecular weight is 378 g/mol. The van der Waals surface area contributed by atoms with Crippen molar-refractivity contribution in [2.24, 2.45) is 0 Å².